The summed E-state index contributed by atoms with van der Waals surface area (Å²) in [6.07, 6.45) is 0.115. The van der Waals surface area contributed by atoms with Gasteiger partial charge in [-0.2, -0.15) is 13.5 Å². The van der Waals surface area contributed by atoms with Gasteiger partial charge in [0.05, 0.1) is 12.1 Å². The molecule has 2 fully saturated rings. The Morgan fingerprint density at radius 2 is 2.08 bits per heavy atom. The van der Waals surface area contributed by atoms with Gasteiger partial charge in [-0.3, -0.25) is 19.6 Å². The molecule has 0 saturated carbocycles. The second kappa shape index (κ2) is 13.5. The molecule has 5 rings (SSSR count). The number of amides is 2. The first kappa shape index (κ1) is 35.9. The van der Waals surface area contributed by atoms with Crippen molar-refractivity contribution in [3.05, 3.63) is 40.4 Å². The van der Waals surface area contributed by atoms with Crippen LogP contribution in [-0.4, -0.2) is 111 Å². The molecule has 1 aromatic heterocycles. The van der Waals surface area contributed by atoms with E-state index in [1.165, 1.54) is 26.2 Å². The second-order valence-electron chi connectivity index (χ2n) is 12.4. The normalized spacial score (nSPS) is 24.6. The number of thiazole rings is 1. The number of aliphatic carboxylic acids is 1. The molecular weight excluding hydrogens is 688 g/mol. The lowest BCUT2D eigenvalue weighted by Gasteiger charge is -2.50. The summed E-state index contributed by atoms with van der Waals surface area (Å²) < 4.78 is 41.7. The highest BCUT2D eigenvalue weighted by molar-refractivity contribution is 7.80. The highest BCUT2D eigenvalue weighted by Gasteiger charge is 2.58. The molecule has 1 aromatic carbocycles. The smallest absolute Gasteiger partial charge is 0.418 e. The molecule has 2 aromatic rings. The largest absolute Gasteiger partial charge is 0.485 e. The fourth-order valence-corrected chi connectivity index (χ4v) is 6.69. The van der Waals surface area contributed by atoms with Crippen LogP contribution in [0.25, 0.3) is 0 Å². The van der Waals surface area contributed by atoms with Crippen LogP contribution in [0.1, 0.15) is 50.4 Å². The highest BCUT2D eigenvalue weighted by Crippen LogP contribution is 2.35. The summed E-state index contributed by atoms with van der Waals surface area (Å²) in [6.45, 7) is 4.58. The topological polar surface area (TPSA) is 288 Å². The van der Waals surface area contributed by atoms with Gasteiger partial charge in [0.25, 0.3) is 17.4 Å². The number of amidine groups is 1. The molecule has 0 bridgehead atoms. The van der Waals surface area contributed by atoms with Gasteiger partial charge in [-0.15, -0.1) is 15.6 Å². The molecule has 5 atom stereocenters. The molecule has 2 saturated heterocycles. The average molecular weight is 725 g/mol. The summed E-state index contributed by atoms with van der Waals surface area (Å²) in [7, 11) is -5.04. The van der Waals surface area contributed by atoms with Gasteiger partial charge >= 0.3 is 16.4 Å². The van der Waals surface area contributed by atoms with Crippen LogP contribution in [0.4, 0.5) is 5.13 Å². The number of hydroxylamine groups is 2. The minimum atomic E-state index is -5.04. The number of nitrogen functional groups attached to an aromatic ring is 1. The van der Waals surface area contributed by atoms with Crippen LogP contribution in [0.3, 0.4) is 0 Å². The number of fused-ring (bicyclic) bond motifs is 1. The van der Waals surface area contributed by atoms with E-state index in [0.717, 1.165) is 16.9 Å². The quantitative estimate of drug-likeness (QED) is 0.0435. The van der Waals surface area contributed by atoms with Crippen molar-refractivity contribution >= 4 is 56.2 Å². The van der Waals surface area contributed by atoms with E-state index in [4.69, 9.17) is 25.3 Å². The number of ether oxygens (including phenoxy) is 1. The molecule has 9 N–H and O–H groups in total. The number of hydrogen-bond donors (Lipinski definition) is 8. The van der Waals surface area contributed by atoms with Crippen molar-refractivity contribution in [1.82, 2.24) is 26.0 Å². The Labute approximate surface area is 284 Å². The third kappa shape index (κ3) is 7.45. The Morgan fingerprint density at radius 1 is 1.35 bits per heavy atom. The predicted molar refractivity (Wildman–Crippen MR) is 172 cm³/mol. The number of carboxylic acids is 1. The molecule has 3 unspecified atom stereocenters. The first-order valence-corrected chi connectivity index (χ1v) is 17.2. The van der Waals surface area contributed by atoms with E-state index in [2.05, 4.69) is 30.4 Å². The van der Waals surface area contributed by atoms with Crippen molar-refractivity contribution in [3.63, 3.8) is 0 Å². The van der Waals surface area contributed by atoms with Crippen LogP contribution in [0.2, 0.25) is 0 Å². The molecular formula is C28H36N8O11S2. The van der Waals surface area contributed by atoms with Crippen LogP contribution in [0.5, 0.6) is 5.75 Å². The zero-order valence-electron chi connectivity index (χ0n) is 26.5. The van der Waals surface area contributed by atoms with Gasteiger partial charge in [-0.25, -0.2) is 9.78 Å². The first-order chi connectivity index (χ1) is 22.9. The first-order valence-electron chi connectivity index (χ1n) is 14.9. The lowest BCUT2D eigenvalue weighted by molar-refractivity contribution is -0.218. The van der Waals surface area contributed by atoms with Crippen molar-refractivity contribution in [2.45, 2.75) is 75.4 Å². The Hall–Kier alpha value is -4.41. The number of nitrogens with zero attached hydrogens (tertiary/aromatic N) is 3. The summed E-state index contributed by atoms with van der Waals surface area (Å²) in [5.74, 6) is -2.91. The summed E-state index contributed by atoms with van der Waals surface area (Å²) in [5.41, 5.74) is 2.89. The van der Waals surface area contributed by atoms with Gasteiger partial charge in [-0.05, 0) is 63.8 Å². The molecule has 21 heteroatoms. The fourth-order valence-electron chi connectivity index (χ4n) is 5.68. The van der Waals surface area contributed by atoms with Gasteiger partial charge in [0, 0.05) is 29.6 Å². The number of rotatable bonds is 12. The molecule has 3 aliphatic heterocycles. The SMILES string of the molecule is CC(ON=C(C(=O)NC1C(=O)N(OS(=O)(=O)O)C1(C)C)c1csc(N)n1)(C(=O)O)C1CCc2cc(C(=N)N[C@H]3CN[C@H](CO)C3)ccc2O1. The maximum absolute atomic E-state index is 13.4. The standard InChI is InChI=1S/C28H36N8O11S2/c1-27(2)21(24(39)36(27)47-49(42,43)44)34-23(38)20(17-12-48-26(30)33-17)35-46-28(3,25(40)41)19-7-5-13-8-14(4-6-18(13)45-19)22(29)32-15-9-16(11-37)31-10-15/h4,6,8,12,15-16,19,21,31,37H,5,7,9-11H2,1-3H3,(H2,29,32)(H2,30,33)(H,34,38)(H,40,41)(H,42,43,44)/t15-,16+,19?,21?,28?/m1/s1. The van der Waals surface area contributed by atoms with Gasteiger partial charge in [0.1, 0.15) is 23.3 Å². The number of oxime groups is 1. The summed E-state index contributed by atoms with van der Waals surface area (Å²) in [5, 5.41) is 42.5. The van der Waals surface area contributed by atoms with Crippen molar-refractivity contribution in [2.24, 2.45) is 5.16 Å². The van der Waals surface area contributed by atoms with Crippen LogP contribution in [0, 0.1) is 5.41 Å². The van der Waals surface area contributed by atoms with Crippen molar-refractivity contribution in [2.75, 3.05) is 18.9 Å². The van der Waals surface area contributed by atoms with Crippen LogP contribution < -0.4 is 26.4 Å². The number of carboxylic acid groups (broad SMARTS) is 1. The van der Waals surface area contributed by atoms with E-state index in [1.807, 2.05) is 0 Å². The number of nitrogens with one attached hydrogen (secondary N) is 4. The van der Waals surface area contributed by atoms with Crippen molar-refractivity contribution in [3.8, 4) is 5.75 Å². The summed E-state index contributed by atoms with van der Waals surface area (Å²) in [6, 6.07) is 3.69. The molecule has 266 valence electrons. The Kier molecular flexibility index (Phi) is 9.87. The highest BCUT2D eigenvalue weighted by atomic mass is 32.3. The van der Waals surface area contributed by atoms with E-state index < -0.39 is 57.2 Å². The number of anilines is 1. The number of benzene rings is 1. The number of aromatic nitrogens is 1. The van der Waals surface area contributed by atoms with Crippen LogP contribution in [-0.2, 0) is 40.3 Å². The van der Waals surface area contributed by atoms with E-state index in [1.54, 1.807) is 18.2 Å². The fraction of sp³-hybridized carbons (Fsp3) is 0.500. The molecule has 2 amide bonds. The lowest BCUT2D eigenvalue weighted by Crippen LogP contribution is -2.76. The summed E-state index contributed by atoms with van der Waals surface area (Å²) >= 11 is 0.956. The number of hydrogen-bond acceptors (Lipinski definition) is 15. The number of nitrogens with two attached hydrogens (primary N) is 1. The van der Waals surface area contributed by atoms with E-state index in [0.29, 0.717) is 35.8 Å². The van der Waals surface area contributed by atoms with Crippen molar-refractivity contribution in [1.29, 1.82) is 5.41 Å². The Morgan fingerprint density at radius 3 is 2.67 bits per heavy atom. The van der Waals surface area contributed by atoms with Gasteiger partial charge < -0.3 is 41.5 Å². The third-order valence-corrected chi connectivity index (χ3v) is 9.56. The number of aliphatic hydroxyl groups excluding tert-OH is 1. The van der Waals surface area contributed by atoms with Gasteiger partial charge in [0.15, 0.2) is 16.9 Å². The molecule has 3 aliphatic rings. The molecule has 4 heterocycles. The molecule has 49 heavy (non-hydrogen) atoms. The zero-order chi connectivity index (χ0) is 35.9. The maximum Gasteiger partial charge on any atom is 0.418 e. The molecule has 0 radical (unpaired) electrons. The summed E-state index contributed by atoms with van der Waals surface area (Å²) in [4.78, 5) is 48.3. The average Bonchev–Trinajstić information content (AvgIpc) is 3.69. The Balaban J connectivity index is 1.32. The Bertz CT molecular complexity index is 1800. The predicted octanol–water partition coefficient (Wildman–Crippen LogP) is -0.839. The van der Waals surface area contributed by atoms with Gasteiger partial charge in [0.2, 0.25) is 0 Å². The second-order valence-corrected chi connectivity index (χ2v) is 14.3. The maximum atomic E-state index is 13.4. The van der Waals surface area contributed by atoms with Crippen molar-refractivity contribution < 1.29 is 51.4 Å². The zero-order valence-corrected chi connectivity index (χ0v) is 28.1. The van der Waals surface area contributed by atoms with E-state index in [-0.39, 0.29) is 41.8 Å². The molecule has 0 aliphatic carbocycles. The number of aryl methyl sites for hydroxylation is 1. The number of carbonyl (C=O) groups excluding carboxylic acids is 2. The van der Waals surface area contributed by atoms with Crippen LogP contribution >= 0.6 is 11.3 Å². The van der Waals surface area contributed by atoms with E-state index in [9.17, 15) is 33.0 Å². The van der Waals surface area contributed by atoms with E-state index >= 15 is 0 Å². The minimum Gasteiger partial charge on any atom is -0.485 e. The number of aliphatic hydroxyl groups is 1. The monoisotopic (exact) mass is 724 g/mol. The third-order valence-electron chi connectivity index (χ3n) is 8.55. The number of carbonyl (C=O) groups is 3. The molecule has 0 spiro atoms. The molecule has 19 nitrogen and oxygen atoms in total. The minimum absolute atomic E-state index is 0.0116. The van der Waals surface area contributed by atoms with Gasteiger partial charge in [-0.1, -0.05) is 5.16 Å². The lowest BCUT2D eigenvalue weighted by atomic mass is 9.84. The van der Waals surface area contributed by atoms with Crippen LogP contribution in [0.15, 0.2) is 28.7 Å². The number of β-lactam (4-membered cyclic amide) rings is 1.